The van der Waals surface area contributed by atoms with E-state index in [0.29, 0.717) is 23.8 Å². The predicted octanol–water partition coefficient (Wildman–Crippen LogP) is 3.08. The van der Waals surface area contributed by atoms with Crippen LogP contribution in [0.3, 0.4) is 0 Å². The third-order valence-corrected chi connectivity index (χ3v) is 5.74. The Morgan fingerprint density at radius 3 is 2.70 bits per heavy atom. The van der Waals surface area contributed by atoms with Crippen LogP contribution in [0.25, 0.3) is 10.9 Å². The van der Waals surface area contributed by atoms with Crippen LogP contribution < -0.4 is 22.1 Å². The van der Waals surface area contributed by atoms with Crippen molar-refractivity contribution in [1.29, 1.82) is 0 Å². The number of benzene rings is 1. The number of nitrogens with one attached hydrogen (secondary N) is 2. The fourth-order valence-corrected chi connectivity index (χ4v) is 4.38. The molecule has 1 aromatic heterocycles. The normalized spacial score (nSPS) is 19.0. The lowest BCUT2D eigenvalue weighted by molar-refractivity contribution is 0.0939. The van der Waals surface area contributed by atoms with Crippen LogP contribution in [-0.2, 0) is 0 Å². The number of carbonyl (C=O) groups is 1. The van der Waals surface area contributed by atoms with Crippen LogP contribution in [0.4, 0.5) is 5.82 Å². The number of halogens is 1. The number of aryl methyl sites for hydroxylation is 1. The van der Waals surface area contributed by atoms with Gasteiger partial charge in [-0.15, -0.1) is 0 Å². The van der Waals surface area contributed by atoms with Crippen LogP contribution in [-0.4, -0.2) is 40.5 Å². The maximum absolute atomic E-state index is 12.7. The van der Waals surface area contributed by atoms with Crippen LogP contribution in [0.15, 0.2) is 21.6 Å². The number of amides is 1. The number of carbonyl (C=O) groups excluding carboxylic acids is 1. The van der Waals surface area contributed by atoms with Crippen LogP contribution >= 0.6 is 15.9 Å². The molecule has 30 heavy (non-hydrogen) atoms. The van der Waals surface area contributed by atoms with Gasteiger partial charge in [-0.25, -0.2) is 15.0 Å². The zero-order valence-electron chi connectivity index (χ0n) is 17.7. The summed E-state index contributed by atoms with van der Waals surface area (Å²) in [6.07, 6.45) is 4.00. The van der Waals surface area contributed by atoms with E-state index in [0.717, 1.165) is 41.1 Å². The largest absolute Gasteiger partial charge is 0.370 e. The molecule has 162 valence electrons. The first-order chi connectivity index (χ1) is 14.2. The summed E-state index contributed by atoms with van der Waals surface area (Å²) in [5, 5.41) is 7.28. The number of fused-ring (bicyclic) bond motifs is 1. The maximum Gasteiger partial charge on any atom is 0.289 e. The van der Waals surface area contributed by atoms with E-state index < -0.39 is 0 Å². The summed E-state index contributed by atoms with van der Waals surface area (Å²) in [6, 6.07) is 4.01. The van der Waals surface area contributed by atoms with Gasteiger partial charge >= 0.3 is 0 Å². The van der Waals surface area contributed by atoms with Gasteiger partial charge in [0.05, 0.1) is 17.6 Å². The van der Waals surface area contributed by atoms with E-state index >= 15 is 0 Å². The fourth-order valence-electron chi connectivity index (χ4n) is 3.71. The molecule has 6 N–H and O–H groups in total. The minimum absolute atomic E-state index is 0.0276. The molecule has 0 saturated heterocycles. The molecular weight excluding hydrogens is 446 g/mol. The van der Waals surface area contributed by atoms with Crippen molar-refractivity contribution < 1.29 is 4.79 Å². The third kappa shape index (κ3) is 5.38. The number of nitrogens with zero attached hydrogens (tertiary/aromatic N) is 3. The molecule has 1 aliphatic carbocycles. The lowest BCUT2D eigenvalue weighted by Gasteiger charge is -2.30. The molecule has 8 nitrogen and oxygen atoms in total. The van der Waals surface area contributed by atoms with Gasteiger partial charge < -0.3 is 22.1 Å². The van der Waals surface area contributed by atoms with Crippen molar-refractivity contribution in [1.82, 2.24) is 15.3 Å². The van der Waals surface area contributed by atoms with Gasteiger partial charge in [0.1, 0.15) is 5.82 Å². The van der Waals surface area contributed by atoms with Crippen molar-refractivity contribution in [2.45, 2.75) is 58.5 Å². The molecule has 0 spiro atoms. The summed E-state index contributed by atoms with van der Waals surface area (Å²) in [5.41, 5.74) is 13.1. The van der Waals surface area contributed by atoms with Crippen molar-refractivity contribution in [2.75, 3.05) is 11.9 Å². The molecule has 1 fully saturated rings. The van der Waals surface area contributed by atoms with Gasteiger partial charge in [-0.2, -0.15) is 0 Å². The highest BCUT2D eigenvalue weighted by molar-refractivity contribution is 9.10. The Hall–Kier alpha value is -2.42. The highest BCUT2D eigenvalue weighted by Gasteiger charge is 2.27. The van der Waals surface area contributed by atoms with Crippen LogP contribution in [0, 0.1) is 12.8 Å². The first kappa shape index (κ1) is 22.3. The van der Waals surface area contributed by atoms with Crippen LogP contribution in [0.1, 0.15) is 55.7 Å². The van der Waals surface area contributed by atoms with Gasteiger partial charge in [0.2, 0.25) is 5.82 Å². The summed E-state index contributed by atoms with van der Waals surface area (Å²) in [6.45, 7) is 6.66. The second kappa shape index (κ2) is 9.59. The van der Waals surface area contributed by atoms with Crippen molar-refractivity contribution in [3.63, 3.8) is 0 Å². The van der Waals surface area contributed by atoms with E-state index in [2.05, 4.69) is 41.5 Å². The molecule has 1 heterocycles. The molecule has 2 atom stereocenters. The number of aliphatic imine (C=N–C) groups is 1. The molecule has 0 radical (unpaired) electrons. The number of nitrogens with two attached hydrogens (primary N) is 2. The first-order valence-corrected chi connectivity index (χ1v) is 11.1. The molecule has 2 aromatic rings. The van der Waals surface area contributed by atoms with Gasteiger partial charge in [-0.1, -0.05) is 26.7 Å². The lowest BCUT2D eigenvalue weighted by atomic mass is 9.90. The maximum atomic E-state index is 12.7. The smallest absolute Gasteiger partial charge is 0.289 e. The van der Waals surface area contributed by atoms with E-state index in [-0.39, 0.29) is 29.8 Å². The minimum atomic E-state index is -0.287. The van der Waals surface area contributed by atoms with Crippen molar-refractivity contribution in [3.8, 4) is 0 Å². The van der Waals surface area contributed by atoms with E-state index in [1.54, 1.807) is 0 Å². The highest BCUT2D eigenvalue weighted by Crippen LogP contribution is 2.31. The summed E-state index contributed by atoms with van der Waals surface area (Å²) in [4.78, 5) is 26.2. The Morgan fingerprint density at radius 1 is 1.27 bits per heavy atom. The standard InChI is InChI=1S/C21H30BrN7O/c1-11(2)10-25-20(30)19-28-17-13(8-12(3)9-14(17)22)18(29-19)26-15-6-4-5-7-16(15)27-21(23)24/h8-9,11,15-16H,4-7,10H2,1-3H3,(H,25,30)(H4,23,24,27)(H,26,28,29)/t15-,16+/m0/s1. The monoisotopic (exact) mass is 475 g/mol. The zero-order chi connectivity index (χ0) is 21.8. The third-order valence-electron chi connectivity index (χ3n) is 5.14. The molecule has 1 aliphatic rings. The molecule has 0 aliphatic heterocycles. The lowest BCUT2D eigenvalue weighted by Crippen LogP contribution is -2.38. The number of aromatic nitrogens is 2. The molecule has 9 heteroatoms. The summed E-state index contributed by atoms with van der Waals surface area (Å²) in [7, 11) is 0. The van der Waals surface area contributed by atoms with E-state index in [1.165, 1.54) is 0 Å². The molecule has 3 rings (SSSR count). The Bertz CT molecular complexity index is 956. The number of hydrogen-bond acceptors (Lipinski definition) is 5. The first-order valence-electron chi connectivity index (χ1n) is 10.4. The quantitative estimate of drug-likeness (QED) is 0.374. The number of hydrogen-bond donors (Lipinski definition) is 4. The number of rotatable bonds is 6. The van der Waals surface area contributed by atoms with Gasteiger partial charge in [0.15, 0.2) is 5.96 Å². The van der Waals surface area contributed by atoms with E-state index in [9.17, 15) is 4.79 Å². The number of anilines is 1. The Labute approximate surface area is 185 Å². The van der Waals surface area contributed by atoms with Crippen molar-refractivity contribution in [3.05, 3.63) is 28.0 Å². The average Bonchev–Trinajstić information content (AvgIpc) is 2.67. The predicted molar refractivity (Wildman–Crippen MR) is 125 cm³/mol. The summed E-state index contributed by atoms with van der Waals surface area (Å²) < 4.78 is 0.824. The molecule has 1 amide bonds. The fraction of sp³-hybridized carbons (Fsp3) is 0.524. The second-order valence-corrected chi connectivity index (χ2v) is 9.15. The topological polar surface area (TPSA) is 131 Å². The molecule has 0 bridgehead atoms. The minimum Gasteiger partial charge on any atom is -0.370 e. The van der Waals surface area contributed by atoms with Crippen LogP contribution in [0.5, 0.6) is 0 Å². The molecule has 0 unspecified atom stereocenters. The van der Waals surface area contributed by atoms with Crippen molar-refractivity contribution >= 4 is 44.5 Å². The highest BCUT2D eigenvalue weighted by atomic mass is 79.9. The molecule has 1 saturated carbocycles. The van der Waals surface area contributed by atoms with E-state index in [4.69, 9.17) is 11.5 Å². The van der Waals surface area contributed by atoms with Crippen molar-refractivity contribution in [2.24, 2.45) is 22.4 Å². The Kier molecular flexibility index (Phi) is 7.12. The SMILES string of the molecule is Cc1cc(Br)c2nc(C(=O)NCC(C)C)nc(N[C@H]3CCCC[C@H]3N=C(N)N)c2c1. The summed E-state index contributed by atoms with van der Waals surface area (Å²) in [5.74, 6) is 0.911. The Balaban J connectivity index is 2.02. The van der Waals surface area contributed by atoms with Gasteiger partial charge in [-0.05, 0) is 59.3 Å². The second-order valence-electron chi connectivity index (χ2n) is 8.30. The summed E-state index contributed by atoms with van der Waals surface area (Å²) >= 11 is 3.59. The zero-order valence-corrected chi connectivity index (χ0v) is 19.3. The Morgan fingerprint density at radius 2 is 2.00 bits per heavy atom. The number of guanidine groups is 1. The molecular formula is C21H30BrN7O. The van der Waals surface area contributed by atoms with Gasteiger partial charge in [0, 0.05) is 16.4 Å². The molecule has 1 aromatic carbocycles. The van der Waals surface area contributed by atoms with Crippen LogP contribution in [0.2, 0.25) is 0 Å². The van der Waals surface area contributed by atoms with Gasteiger partial charge in [-0.3, -0.25) is 4.79 Å². The average molecular weight is 476 g/mol. The van der Waals surface area contributed by atoms with Gasteiger partial charge in [0.25, 0.3) is 5.91 Å². The van der Waals surface area contributed by atoms with E-state index in [1.807, 2.05) is 32.9 Å².